The van der Waals surface area contributed by atoms with Gasteiger partial charge >= 0.3 is 0 Å². The van der Waals surface area contributed by atoms with E-state index < -0.39 is 0 Å². The summed E-state index contributed by atoms with van der Waals surface area (Å²) in [7, 11) is 2.17. The molecule has 3 rings (SSSR count). The molecule has 2 fully saturated rings. The third kappa shape index (κ3) is 2.77. The Morgan fingerprint density at radius 2 is 2.00 bits per heavy atom. The molecule has 1 aromatic carbocycles. The van der Waals surface area contributed by atoms with Gasteiger partial charge in [0.1, 0.15) is 11.9 Å². The van der Waals surface area contributed by atoms with Gasteiger partial charge < -0.3 is 15.4 Å². The minimum atomic E-state index is -0.0911. The fraction of sp³-hybridized carbons (Fsp3) is 0.625. The van der Waals surface area contributed by atoms with Crippen LogP contribution in [0.4, 0.5) is 0 Å². The van der Waals surface area contributed by atoms with E-state index in [4.69, 9.17) is 10.5 Å². The van der Waals surface area contributed by atoms with Crippen LogP contribution in [0.5, 0.6) is 5.75 Å². The Labute approximate surface area is 115 Å². The van der Waals surface area contributed by atoms with Crippen molar-refractivity contribution in [3.63, 3.8) is 0 Å². The largest absolute Gasteiger partial charge is 0.490 e. The first kappa shape index (κ1) is 12.9. The zero-order valence-electron chi connectivity index (χ0n) is 11.8. The van der Waals surface area contributed by atoms with E-state index in [0.29, 0.717) is 6.10 Å². The minimum Gasteiger partial charge on any atom is -0.490 e. The molecule has 104 valence electrons. The maximum absolute atomic E-state index is 6.38. The Hall–Kier alpha value is -1.06. The molecule has 3 heteroatoms. The van der Waals surface area contributed by atoms with Gasteiger partial charge in [0, 0.05) is 18.6 Å². The molecule has 1 heterocycles. The monoisotopic (exact) mass is 260 g/mol. The third-order valence-electron chi connectivity index (χ3n) is 4.62. The number of rotatable bonds is 3. The lowest BCUT2D eigenvalue weighted by Gasteiger charge is -2.39. The van der Waals surface area contributed by atoms with Gasteiger partial charge in [-0.25, -0.2) is 0 Å². The lowest BCUT2D eigenvalue weighted by molar-refractivity contribution is 0.114. The molecule has 0 amide bonds. The van der Waals surface area contributed by atoms with Crippen molar-refractivity contribution >= 4 is 0 Å². The van der Waals surface area contributed by atoms with E-state index in [1.165, 1.54) is 12.0 Å². The Morgan fingerprint density at radius 1 is 1.26 bits per heavy atom. The quantitative estimate of drug-likeness (QED) is 0.907. The van der Waals surface area contributed by atoms with Crippen LogP contribution in [0.3, 0.4) is 0 Å². The molecule has 2 aliphatic rings. The molecule has 0 unspecified atom stereocenters. The van der Waals surface area contributed by atoms with Crippen LogP contribution in [0, 0.1) is 0 Å². The van der Waals surface area contributed by atoms with Crippen LogP contribution in [0.1, 0.15) is 37.7 Å². The summed E-state index contributed by atoms with van der Waals surface area (Å²) in [5.74, 6) is 0.990. The number of hydrogen-bond acceptors (Lipinski definition) is 3. The Morgan fingerprint density at radius 3 is 2.63 bits per heavy atom. The van der Waals surface area contributed by atoms with Gasteiger partial charge in [-0.2, -0.15) is 0 Å². The molecule has 1 aromatic rings. The van der Waals surface area contributed by atoms with Crippen LogP contribution in [-0.2, 0) is 5.54 Å². The molecule has 0 radical (unpaired) electrons. The van der Waals surface area contributed by atoms with Crippen LogP contribution in [0.25, 0.3) is 0 Å². The fourth-order valence-corrected chi connectivity index (χ4v) is 3.02. The molecule has 2 N–H and O–H groups in total. The fourth-order valence-electron chi connectivity index (χ4n) is 3.02. The second kappa shape index (κ2) is 5.14. The van der Waals surface area contributed by atoms with Crippen molar-refractivity contribution in [2.75, 3.05) is 20.1 Å². The first-order valence-electron chi connectivity index (χ1n) is 7.40. The van der Waals surface area contributed by atoms with Crippen LogP contribution >= 0.6 is 0 Å². The van der Waals surface area contributed by atoms with Gasteiger partial charge in [-0.15, -0.1) is 0 Å². The van der Waals surface area contributed by atoms with Gasteiger partial charge in [-0.3, -0.25) is 0 Å². The molecule has 1 aliphatic heterocycles. The van der Waals surface area contributed by atoms with E-state index in [1.54, 1.807) is 0 Å². The average molecular weight is 260 g/mol. The maximum atomic E-state index is 6.38. The molecule has 0 spiro atoms. The topological polar surface area (TPSA) is 38.5 Å². The van der Waals surface area contributed by atoms with Crippen molar-refractivity contribution in [2.45, 2.75) is 43.7 Å². The maximum Gasteiger partial charge on any atom is 0.120 e. The van der Waals surface area contributed by atoms with Crippen molar-refractivity contribution in [3.8, 4) is 5.75 Å². The predicted octanol–water partition coefficient (Wildman–Crippen LogP) is 2.50. The molecular formula is C16H24N2O. The van der Waals surface area contributed by atoms with Crippen molar-refractivity contribution in [2.24, 2.45) is 5.73 Å². The standard InChI is InChI=1S/C16H24N2O/c1-18-10-6-14(7-11-18)19-15-5-2-4-13(12-15)16(17)8-3-9-16/h2,4-5,12,14H,3,6-11,17H2,1H3. The first-order valence-corrected chi connectivity index (χ1v) is 7.40. The normalized spacial score (nSPS) is 23.9. The molecule has 1 saturated carbocycles. The van der Waals surface area contributed by atoms with Crippen molar-refractivity contribution in [3.05, 3.63) is 29.8 Å². The number of piperidine rings is 1. The van der Waals surface area contributed by atoms with E-state index in [1.807, 2.05) is 0 Å². The Balaban J connectivity index is 1.66. The van der Waals surface area contributed by atoms with E-state index >= 15 is 0 Å². The first-order chi connectivity index (χ1) is 9.16. The molecule has 0 aromatic heterocycles. The SMILES string of the molecule is CN1CCC(Oc2cccc(C3(N)CCC3)c2)CC1. The smallest absolute Gasteiger partial charge is 0.120 e. The third-order valence-corrected chi connectivity index (χ3v) is 4.62. The molecular weight excluding hydrogens is 236 g/mol. The summed E-state index contributed by atoms with van der Waals surface area (Å²) in [5, 5.41) is 0. The van der Waals surface area contributed by atoms with E-state index in [9.17, 15) is 0 Å². The van der Waals surface area contributed by atoms with Crippen molar-refractivity contribution in [1.29, 1.82) is 0 Å². The molecule has 1 saturated heterocycles. The highest BCUT2D eigenvalue weighted by Gasteiger charge is 2.34. The summed E-state index contributed by atoms with van der Waals surface area (Å²) in [4.78, 5) is 2.36. The summed E-state index contributed by atoms with van der Waals surface area (Å²) in [6.07, 6.45) is 6.05. The Bertz CT molecular complexity index is 434. The number of ether oxygens (including phenoxy) is 1. The highest BCUT2D eigenvalue weighted by atomic mass is 16.5. The van der Waals surface area contributed by atoms with Crippen LogP contribution < -0.4 is 10.5 Å². The zero-order chi connectivity index (χ0) is 13.3. The molecule has 3 nitrogen and oxygen atoms in total. The van der Waals surface area contributed by atoms with Gasteiger partial charge in [0.2, 0.25) is 0 Å². The number of nitrogens with two attached hydrogens (primary N) is 1. The van der Waals surface area contributed by atoms with Gasteiger partial charge in [-0.05, 0) is 56.8 Å². The van der Waals surface area contributed by atoms with Crippen LogP contribution in [-0.4, -0.2) is 31.1 Å². The summed E-state index contributed by atoms with van der Waals surface area (Å²) in [6.45, 7) is 2.26. The molecule has 0 bridgehead atoms. The predicted molar refractivity (Wildman–Crippen MR) is 77.3 cm³/mol. The second-order valence-corrected chi connectivity index (χ2v) is 6.16. The Kier molecular flexibility index (Phi) is 3.50. The van der Waals surface area contributed by atoms with E-state index in [2.05, 4.69) is 36.2 Å². The zero-order valence-corrected chi connectivity index (χ0v) is 11.8. The summed E-state index contributed by atoms with van der Waals surface area (Å²) in [5.41, 5.74) is 7.53. The molecule has 1 aliphatic carbocycles. The summed E-state index contributed by atoms with van der Waals surface area (Å²) >= 11 is 0. The number of nitrogens with zero attached hydrogens (tertiary/aromatic N) is 1. The minimum absolute atomic E-state index is 0.0911. The van der Waals surface area contributed by atoms with Crippen molar-refractivity contribution < 1.29 is 4.74 Å². The van der Waals surface area contributed by atoms with Crippen LogP contribution in [0.2, 0.25) is 0 Å². The molecule has 19 heavy (non-hydrogen) atoms. The average Bonchev–Trinajstić information content (AvgIpc) is 2.39. The van der Waals surface area contributed by atoms with Gasteiger partial charge in [0.15, 0.2) is 0 Å². The highest BCUT2D eigenvalue weighted by Crippen LogP contribution is 2.39. The lowest BCUT2D eigenvalue weighted by atomic mass is 9.73. The van der Waals surface area contributed by atoms with Gasteiger partial charge in [0.25, 0.3) is 0 Å². The van der Waals surface area contributed by atoms with Crippen LogP contribution in [0.15, 0.2) is 24.3 Å². The van der Waals surface area contributed by atoms with Gasteiger partial charge in [-0.1, -0.05) is 12.1 Å². The second-order valence-electron chi connectivity index (χ2n) is 6.16. The summed E-state index contributed by atoms with van der Waals surface area (Å²) < 4.78 is 6.13. The molecule has 0 atom stereocenters. The number of benzene rings is 1. The number of hydrogen-bond donors (Lipinski definition) is 1. The summed E-state index contributed by atoms with van der Waals surface area (Å²) in [6, 6.07) is 8.43. The van der Waals surface area contributed by atoms with Crippen molar-refractivity contribution in [1.82, 2.24) is 4.90 Å². The lowest BCUT2D eigenvalue weighted by Crippen LogP contribution is -2.43. The number of likely N-dealkylation sites (tertiary alicyclic amines) is 1. The van der Waals surface area contributed by atoms with Gasteiger partial charge in [0.05, 0.1) is 0 Å². The highest BCUT2D eigenvalue weighted by molar-refractivity contribution is 5.34. The van der Waals surface area contributed by atoms with E-state index in [-0.39, 0.29) is 5.54 Å². The van der Waals surface area contributed by atoms with E-state index in [0.717, 1.165) is 44.5 Å².